The SMILES string of the molecule is CNC(=O)N1N=C(c2ccc(N3CC4CC3CO4)cc2)c2cc(OC)c(OC)cc2CC1C. The Hall–Kier alpha value is -3.26. The molecule has 2 amide bonds. The molecule has 8 heteroatoms. The highest BCUT2D eigenvalue weighted by Crippen LogP contribution is 2.36. The van der Waals surface area contributed by atoms with E-state index < -0.39 is 0 Å². The van der Waals surface area contributed by atoms with Gasteiger partial charge in [0, 0.05) is 30.4 Å². The molecule has 3 unspecified atom stereocenters. The van der Waals surface area contributed by atoms with Crippen molar-refractivity contribution in [1.29, 1.82) is 0 Å². The largest absolute Gasteiger partial charge is 0.493 e. The highest BCUT2D eigenvalue weighted by atomic mass is 16.5. The average molecular weight is 451 g/mol. The van der Waals surface area contributed by atoms with E-state index in [0.717, 1.165) is 42.0 Å². The van der Waals surface area contributed by atoms with Crippen molar-refractivity contribution in [2.45, 2.75) is 38.0 Å². The van der Waals surface area contributed by atoms with Crippen molar-refractivity contribution in [3.05, 3.63) is 53.1 Å². The predicted octanol–water partition coefficient (Wildman–Crippen LogP) is 3.02. The van der Waals surface area contributed by atoms with Crippen molar-refractivity contribution >= 4 is 17.4 Å². The second kappa shape index (κ2) is 8.59. The lowest BCUT2D eigenvalue weighted by Crippen LogP contribution is -2.41. The first-order chi connectivity index (χ1) is 16.0. The van der Waals surface area contributed by atoms with E-state index in [-0.39, 0.29) is 12.1 Å². The van der Waals surface area contributed by atoms with Crippen LogP contribution in [0.2, 0.25) is 0 Å². The molecule has 2 bridgehead atoms. The Morgan fingerprint density at radius 3 is 2.48 bits per heavy atom. The number of benzene rings is 2. The van der Waals surface area contributed by atoms with Crippen LogP contribution in [0.5, 0.6) is 11.5 Å². The minimum atomic E-state index is -0.239. The molecule has 0 aliphatic carbocycles. The van der Waals surface area contributed by atoms with Crippen molar-refractivity contribution in [2.75, 3.05) is 39.3 Å². The van der Waals surface area contributed by atoms with E-state index in [4.69, 9.17) is 19.3 Å². The van der Waals surface area contributed by atoms with Crippen LogP contribution in [0.4, 0.5) is 10.5 Å². The van der Waals surface area contributed by atoms with Crippen molar-refractivity contribution < 1.29 is 19.0 Å². The third-order valence-electron chi connectivity index (χ3n) is 6.80. The van der Waals surface area contributed by atoms with Gasteiger partial charge < -0.3 is 24.4 Å². The summed E-state index contributed by atoms with van der Waals surface area (Å²) in [6.07, 6.45) is 2.09. The number of hydrazone groups is 1. The third kappa shape index (κ3) is 3.78. The van der Waals surface area contributed by atoms with Crippen LogP contribution in [0.3, 0.4) is 0 Å². The molecule has 2 aromatic carbocycles. The molecule has 3 aliphatic heterocycles. The minimum Gasteiger partial charge on any atom is -0.493 e. The molecule has 0 saturated carbocycles. The molecule has 174 valence electrons. The first-order valence-electron chi connectivity index (χ1n) is 11.4. The zero-order chi connectivity index (χ0) is 23.1. The summed E-state index contributed by atoms with van der Waals surface area (Å²) >= 11 is 0. The Bertz CT molecular complexity index is 1080. The van der Waals surface area contributed by atoms with Crippen molar-refractivity contribution in [3.8, 4) is 11.5 Å². The van der Waals surface area contributed by atoms with E-state index in [2.05, 4.69) is 34.5 Å². The summed E-state index contributed by atoms with van der Waals surface area (Å²) in [6.45, 7) is 3.73. The monoisotopic (exact) mass is 450 g/mol. The number of nitrogens with zero attached hydrogens (tertiary/aromatic N) is 3. The second-order valence-corrected chi connectivity index (χ2v) is 8.81. The lowest BCUT2D eigenvalue weighted by molar-refractivity contribution is 0.0991. The predicted molar refractivity (Wildman–Crippen MR) is 127 cm³/mol. The number of urea groups is 1. The summed E-state index contributed by atoms with van der Waals surface area (Å²) in [6, 6.07) is 12.5. The number of anilines is 1. The van der Waals surface area contributed by atoms with E-state index in [0.29, 0.717) is 30.1 Å². The standard InChI is InChI=1S/C25H30N4O4/c1-15-9-17-10-22(31-3)23(32-4)12-21(17)24(27-29(15)25(30)26-2)16-5-7-18(8-6-16)28-13-20-11-19(28)14-33-20/h5-8,10,12,15,19-20H,9,11,13-14H2,1-4H3,(H,26,30). The lowest BCUT2D eigenvalue weighted by Gasteiger charge is -2.29. The van der Waals surface area contributed by atoms with Crippen LogP contribution < -0.4 is 19.7 Å². The molecule has 5 rings (SSSR count). The lowest BCUT2D eigenvalue weighted by atomic mass is 9.94. The molecular weight excluding hydrogens is 420 g/mol. The summed E-state index contributed by atoms with van der Waals surface area (Å²) < 4.78 is 16.9. The molecular formula is C25H30N4O4. The highest BCUT2D eigenvalue weighted by molar-refractivity contribution is 6.14. The van der Waals surface area contributed by atoms with Gasteiger partial charge in [0.05, 0.1) is 44.7 Å². The highest BCUT2D eigenvalue weighted by Gasteiger charge is 2.39. The van der Waals surface area contributed by atoms with Crippen molar-refractivity contribution in [2.24, 2.45) is 5.10 Å². The van der Waals surface area contributed by atoms with E-state index in [1.54, 1.807) is 21.3 Å². The molecule has 3 atom stereocenters. The molecule has 3 heterocycles. The molecule has 3 aliphatic rings. The fourth-order valence-corrected chi connectivity index (χ4v) is 5.08. The molecule has 2 aromatic rings. The van der Waals surface area contributed by atoms with E-state index in [1.807, 2.05) is 19.1 Å². The normalized spacial score (nSPS) is 23.6. The first-order valence-corrected chi connectivity index (χ1v) is 11.4. The number of hydrogen-bond acceptors (Lipinski definition) is 6. The maximum absolute atomic E-state index is 12.6. The van der Waals surface area contributed by atoms with Crippen LogP contribution in [0.25, 0.3) is 0 Å². The first kappa shape index (κ1) is 21.6. The number of rotatable bonds is 4. The van der Waals surface area contributed by atoms with Crippen LogP contribution >= 0.6 is 0 Å². The Morgan fingerprint density at radius 2 is 1.88 bits per heavy atom. The van der Waals surface area contributed by atoms with Crippen LogP contribution in [-0.4, -0.2) is 69.4 Å². The topological polar surface area (TPSA) is 75.6 Å². The van der Waals surface area contributed by atoms with Gasteiger partial charge in [0.15, 0.2) is 11.5 Å². The molecule has 2 saturated heterocycles. The van der Waals surface area contributed by atoms with Gasteiger partial charge in [0.1, 0.15) is 0 Å². The minimum absolute atomic E-state index is 0.126. The van der Waals surface area contributed by atoms with E-state index >= 15 is 0 Å². The second-order valence-electron chi connectivity index (χ2n) is 8.81. The van der Waals surface area contributed by atoms with Crippen molar-refractivity contribution in [3.63, 3.8) is 0 Å². The Morgan fingerprint density at radius 1 is 1.15 bits per heavy atom. The summed E-state index contributed by atoms with van der Waals surface area (Å²) in [5, 5.41) is 9.08. The average Bonchev–Trinajstić information content (AvgIpc) is 3.45. The number of hydrogen-bond donors (Lipinski definition) is 1. The zero-order valence-electron chi connectivity index (χ0n) is 19.5. The quantitative estimate of drug-likeness (QED) is 0.775. The van der Waals surface area contributed by atoms with Gasteiger partial charge in [-0.05, 0) is 49.6 Å². The Kier molecular flexibility index (Phi) is 5.62. The van der Waals surface area contributed by atoms with Gasteiger partial charge in [-0.2, -0.15) is 5.10 Å². The van der Waals surface area contributed by atoms with Crippen LogP contribution in [-0.2, 0) is 11.2 Å². The Labute approximate surface area is 194 Å². The molecule has 33 heavy (non-hydrogen) atoms. The summed E-state index contributed by atoms with van der Waals surface area (Å²) in [5.41, 5.74) is 4.86. The maximum atomic E-state index is 12.6. The zero-order valence-corrected chi connectivity index (χ0v) is 19.5. The van der Waals surface area contributed by atoms with Gasteiger partial charge in [0.25, 0.3) is 0 Å². The number of morpholine rings is 1. The molecule has 2 fully saturated rings. The number of fused-ring (bicyclic) bond motifs is 3. The number of carbonyl (C=O) groups excluding carboxylic acids is 1. The fourth-order valence-electron chi connectivity index (χ4n) is 5.08. The van der Waals surface area contributed by atoms with Gasteiger partial charge in [-0.3, -0.25) is 0 Å². The number of amides is 2. The van der Waals surface area contributed by atoms with Gasteiger partial charge in [-0.25, -0.2) is 9.80 Å². The third-order valence-corrected chi connectivity index (χ3v) is 6.80. The number of methoxy groups -OCH3 is 2. The number of nitrogens with one attached hydrogen (secondary N) is 1. The molecule has 0 aromatic heterocycles. The van der Waals surface area contributed by atoms with Crippen molar-refractivity contribution in [1.82, 2.24) is 10.3 Å². The summed E-state index contributed by atoms with van der Waals surface area (Å²) in [7, 11) is 4.88. The number of ether oxygens (including phenoxy) is 3. The van der Waals surface area contributed by atoms with Gasteiger partial charge in [0.2, 0.25) is 0 Å². The van der Waals surface area contributed by atoms with E-state index in [1.165, 1.54) is 10.7 Å². The summed E-state index contributed by atoms with van der Waals surface area (Å²) in [5.74, 6) is 1.30. The number of carbonyl (C=O) groups is 1. The van der Waals surface area contributed by atoms with Crippen LogP contribution in [0.15, 0.2) is 41.5 Å². The summed E-state index contributed by atoms with van der Waals surface area (Å²) in [4.78, 5) is 15.1. The molecule has 8 nitrogen and oxygen atoms in total. The van der Waals surface area contributed by atoms with Gasteiger partial charge in [-0.1, -0.05) is 12.1 Å². The fraction of sp³-hybridized carbons (Fsp3) is 0.440. The van der Waals surface area contributed by atoms with Crippen LogP contribution in [0.1, 0.15) is 30.0 Å². The maximum Gasteiger partial charge on any atom is 0.337 e. The Balaban J connectivity index is 1.58. The van der Waals surface area contributed by atoms with Crippen LogP contribution in [0, 0.1) is 0 Å². The molecule has 0 radical (unpaired) electrons. The van der Waals surface area contributed by atoms with Gasteiger partial charge in [-0.15, -0.1) is 0 Å². The molecule has 0 spiro atoms. The smallest absolute Gasteiger partial charge is 0.337 e. The van der Waals surface area contributed by atoms with Gasteiger partial charge >= 0.3 is 6.03 Å². The van der Waals surface area contributed by atoms with E-state index in [9.17, 15) is 4.79 Å². The molecule has 1 N–H and O–H groups in total.